The first-order chi connectivity index (χ1) is 10.1. The number of nitrogens with zero attached hydrogens (tertiary/aromatic N) is 1. The molecule has 0 aliphatic heterocycles. The van der Waals surface area contributed by atoms with Crippen LogP contribution < -0.4 is 10.1 Å². The molecule has 1 heterocycles. The maximum absolute atomic E-state index is 5.80. The van der Waals surface area contributed by atoms with Crippen LogP contribution in [0.3, 0.4) is 0 Å². The lowest BCUT2D eigenvalue weighted by atomic mass is 10.0. The molecule has 4 nitrogen and oxygen atoms in total. The first-order valence-corrected chi connectivity index (χ1v) is 7.58. The second-order valence-corrected chi connectivity index (χ2v) is 6.04. The Hall–Kier alpha value is -1.81. The molecule has 0 atom stereocenters. The second-order valence-electron chi connectivity index (χ2n) is 6.04. The molecule has 1 aromatic carbocycles. The van der Waals surface area contributed by atoms with Crippen molar-refractivity contribution < 1.29 is 9.15 Å². The summed E-state index contributed by atoms with van der Waals surface area (Å²) in [7, 11) is 0. The zero-order chi connectivity index (χ0) is 14.8. The van der Waals surface area contributed by atoms with Gasteiger partial charge < -0.3 is 14.5 Å². The quantitative estimate of drug-likeness (QED) is 0.866. The Morgan fingerprint density at radius 3 is 2.90 bits per heavy atom. The van der Waals surface area contributed by atoms with E-state index in [1.165, 1.54) is 18.4 Å². The van der Waals surface area contributed by atoms with Gasteiger partial charge in [0.1, 0.15) is 12.0 Å². The normalized spacial score (nSPS) is 14.7. The molecule has 1 N–H and O–H groups in total. The van der Waals surface area contributed by atoms with Crippen LogP contribution in [-0.2, 0) is 6.54 Å². The van der Waals surface area contributed by atoms with Gasteiger partial charge >= 0.3 is 6.08 Å². The zero-order valence-corrected chi connectivity index (χ0v) is 12.8. The molecule has 1 aliphatic rings. The van der Waals surface area contributed by atoms with E-state index >= 15 is 0 Å². The second kappa shape index (κ2) is 5.90. The first-order valence-electron chi connectivity index (χ1n) is 7.58. The Morgan fingerprint density at radius 1 is 1.38 bits per heavy atom. The van der Waals surface area contributed by atoms with E-state index in [9.17, 15) is 0 Å². The van der Waals surface area contributed by atoms with Crippen molar-refractivity contribution in [1.82, 2.24) is 10.3 Å². The summed E-state index contributed by atoms with van der Waals surface area (Å²) < 4.78 is 11.2. The molecule has 112 valence electrons. The molecule has 0 amide bonds. The largest absolute Gasteiger partial charge is 0.417 e. The van der Waals surface area contributed by atoms with Gasteiger partial charge in [-0.05, 0) is 42.9 Å². The topological polar surface area (TPSA) is 47.3 Å². The lowest BCUT2D eigenvalue weighted by molar-refractivity contribution is 0.329. The Bertz CT molecular complexity index is 615. The van der Waals surface area contributed by atoms with Crippen molar-refractivity contribution >= 4 is 0 Å². The maximum atomic E-state index is 5.80. The van der Waals surface area contributed by atoms with E-state index in [-0.39, 0.29) is 0 Å². The van der Waals surface area contributed by atoms with Gasteiger partial charge in [-0.1, -0.05) is 26.0 Å². The SMILES string of the molecule is Cc1ccc(C(C)C)cc1Oc1nc(CNC2CC2)co1. The van der Waals surface area contributed by atoms with E-state index in [1.807, 2.05) is 6.92 Å². The smallest absolute Gasteiger partial charge is 0.399 e. The van der Waals surface area contributed by atoms with Crippen molar-refractivity contribution in [2.75, 3.05) is 0 Å². The Labute approximate surface area is 125 Å². The van der Waals surface area contributed by atoms with Crippen molar-refractivity contribution in [3.63, 3.8) is 0 Å². The van der Waals surface area contributed by atoms with Crippen LogP contribution in [0.5, 0.6) is 11.8 Å². The minimum absolute atomic E-state index is 0.312. The number of aryl methyl sites for hydroxylation is 1. The molecular formula is C17H22N2O2. The van der Waals surface area contributed by atoms with Gasteiger partial charge in [0, 0.05) is 12.6 Å². The lowest BCUT2D eigenvalue weighted by Gasteiger charge is -2.10. The summed E-state index contributed by atoms with van der Waals surface area (Å²) in [5, 5.41) is 3.41. The lowest BCUT2D eigenvalue weighted by Crippen LogP contribution is -2.15. The molecule has 0 bridgehead atoms. The molecular weight excluding hydrogens is 264 g/mol. The van der Waals surface area contributed by atoms with Crippen molar-refractivity contribution in [3.05, 3.63) is 41.3 Å². The fourth-order valence-electron chi connectivity index (χ4n) is 2.13. The molecule has 1 aromatic heterocycles. The third-order valence-electron chi connectivity index (χ3n) is 3.76. The van der Waals surface area contributed by atoms with Gasteiger partial charge in [0.15, 0.2) is 0 Å². The van der Waals surface area contributed by atoms with E-state index in [2.05, 4.69) is 42.3 Å². The molecule has 0 spiro atoms. The Balaban J connectivity index is 1.69. The molecule has 0 radical (unpaired) electrons. The average molecular weight is 286 g/mol. The molecule has 1 aliphatic carbocycles. The first kappa shape index (κ1) is 14.1. The summed E-state index contributed by atoms with van der Waals surface area (Å²) in [6.45, 7) is 7.10. The Morgan fingerprint density at radius 2 is 2.19 bits per heavy atom. The number of hydrogen-bond donors (Lipinski definition) is 1. The van der Waals surface area contributed by atoms with Gasteiger partial charge in [-0.15, -0.1) is 0 Å². The third kappa shape index (κ3) is 3.64. The number of oxazole rings is 1. The zero-order valence-electron chi connectivity index (χ0n) is 12.8. The summed E-state index contributed by atoms with van der Waals surface area (Å²) in [6, 6.07) is 6.93. The highest BCUT2D eigenvalue weighted by Gasteiger charge is 2.20. The van der Waals surface area contributed by atoms with Crippen LogP contribution in [0.25, 0.3) is 0 Å². The number of rotatable bonds is 6. The van der Waals surface area contributed by atoms with Gasteiger partial charge in [0.05, 0.1) is 5.69 Å². The summed E-state index contributed by atoms with van der Waals surface area (Å²) in [6.07, 6.45) is 4.50. The average Bonchev–Trinajstić information content (AvgIpc) is 3.18. The van der Waals surface area contributed by atoms with Crippen LogP contribution in [-0.4, -0.2) is 11.0 Å². The molecule has 1 fully saturated rings. The summed E-state index contributed by atoms with van der Waals surface area (Å²) >= 11 is 0. The predicted octanol–water partition coefficient (Wildman–Crippen LogP) is 4.15. The fraction of sp³-hybridized carbons (Fsp3) is 0.471. The van der Waals surface area contributed by atoms with E-state index in [0.717, 1.165) is 23.6 Å². The standard InChI is InChI=1S/C17H22N2O2/c1-11(2)13-5-4-12(3)16(8-13)21-17-19-15(10-20-17)9-18-14-6-7-14/h4-5,8,10-11,14,18H,6-7,9H2,1-3H3. The highest BCUT2D eigenvalue weighted by Crippen LogP contribution is 2.28. The van der Waals surface area contributed by atoms with Crippen LogP contribution in [0.2, 0.25) is 0 Å². The van der Waals surface area contributed by atoms with Crippen molar-refractivity contribution in [2.24, 2.45) is 0 Å². The van der Waals surface area contributed by atoms with Gasteiger partial charge in [-0.2, -0.15) is 4.98 Å². The highest BCUT2D eigenvalue weighted by atomic mass is 16.6. The third-order valence-corrected chi connectivity index (χ3v) is 3.76. The van der Waals surface area contributed by atoms with E-state index in [1.54, 1.807) is 6.26 Å². The summed E-state index contributed by atoms with van der Waals surface area (Å²) in [5.41, 5.74) is 3.21. The van der Waals surface area contributed by atoms with Crippen LogP contribution in [0.1, 0.15) is 49.4 Å². The number of ether oxygens (including phenoxy) is 1. The number of hydrogen-bond acceptors (Lipinski definition) is 4. The van der Waals surface area contributed by atoms with Crippen LogP contribution >= 0.6 is 0 Å². The van der Waals surface area contributed by atoms with Crippen molar-refractivity contribution in [2.45, 2.75) is 52.1 Å². The van der Waals surface area contributed by atoms with Crippen LogP contribution in [0, 0.1) is 6.92 Å². The van der Waals surface area contributed by atoms with E-state index < -0.39 is 0 Å². The molecule has 0 saturated heterocycles. The van der Waals surface area contributed by atoms with Gasteiger partial charge in [0.25, 0.3) is 0 Å². The van der Waals surface area contributed by atoms with Crippen molar-refractivity contribution in [3.8, 4) is 11.8 Å². The minimum atomic E-state index is 0.312. The molecule has 4 heteroatoms. The maximum Gasteiger partial charge on any atom is 0.399 e. The van der Waals surface area contributed by atoms with Crippen molar-refractivity contribution in [1.29, 1.82) is 0 Å². The number of benzene rings is 1. The molecule has 21 heavy (non-hydrogen) atoms. The van der Waals surface area contributed by atoms with E-state index in [4.69, 9.17) is 9.15 Å². The van der Waals surface area contributed by atoms with Crippen LogP contribution in [0.15, 0.2) is 28.9 Å². The predicted molar refractivity (Wildman–Crippen MR) is 81.7 cm³/mol. The molecule has 2 aromatic rings. The van der Waals surface area contributed by atoms with Crippen LogP contribution in [0.4, 0.5) is 0 Å². The molecule has 1 saturated carbocycles. The van der Waals surface area contributed by atoms with E-state index in [0.29, 0.717) is 18.0 Å². The Kier molecular flexibility index (Phi) is 3.97. The fourth-order valence-corrected chi connectivity index (χ4v) is 2.13. The van der Waals surface area contributed by atoms with Gasteiger partial charge in [-0.3, -0.25) is 0 Å². The number of aromatic nitrogens is 1. The number of nitrogens with one attached hydrogen (secondary N) is 1. The van der Waals surface area contributed by atoms with Gasteiger partial charge in [-0.25, -0.2) is 0 Å². The summed E-state index contributed by atoms with van der Waals surface area (Å²) in [5.74, 6) is 1.28. The highest BCUT2D eigenvalue weighted by molar-refractivity contribution is 5.39. The minimum Gasteiger partial charge on any atom is -0.417 e. The molecule has 0 unspecified atom stereocenters. The summed E-state index contributed by atoms with van der Waals surface area (Å²) in [4.78, 5) is 4.37. The van der Waals surface area contributed by atoms with Gasteiger partial charge in [0.2, 0.25) is 0 Å². The molecule has 3 rings (SSSR count). The monoisotopic (exact) mass is 286 g/mol.